The number of halogens is 1. The molecular weight excluding hydrogens is 318 g/mol. The van der Waals surface area contributed by atoms with E-state index in [1.165, 1.54) is 0 Å². The number of benzene rings is 3. The summed E-state index contributed by atoms with van der Waals surface area (Å²) in [6, 6.07) is 21.9. The van der Waals surface area contributed by atoms with E-state index in [2.05, 4.69) is 6.07 Å². The van der Waals surface area contributed by atoms with E-state index in [9.17, 15) is 0 Å². The van der Waals surface area contributed by atoms with Crippen molar-refractivity contribution in [1.82, 2.24) is 4.98 Å². The molecule has 1 aromatic heterocycles. The quantitative estimate of drug-likeness (QED) is 0.358. The van der Waals surface area contributed by atoms with Gasteiger partial charge in [0.05, 0.1) is 11.1 Å². The third-order valence-corrected chi connectivity index (χ3v) is 4.73. The van der Waals surface area contributed by atoms with E-state index in [1.807, 2.05) is 66.9 Å². The highest BCUT2D eigenvalue weighted by Gasteiger charge is 2.22. The lowest BCUT2D eigenvalue weighted by atomic mass is 9.95. The molecular formula is C21H12ClNO. The average molecular weight is 330 g/mol. The summed E-state index contributed by atoms with van der Waals surface area (Å²) in [7, 11) is 0. The second kappa shape index (κ2) is 5.08. The summed E-state index contributed by atoms with van der Waals surface area (Å²) in [6.45, 7) is 0. The summed E-state index contributed by atoms with van der Waals surface area (Å²) in [5.41, 5.74) is 3.98. The van der Waals surface area contributed by atoms with Crippen LogP contribution in [0.1, 0.15) is 0 Å². The van der Waals surface area contributed by atoms with E-state index < -0.39 is 0 Å². The van der Waals surface area contributed by atoms with Gasteiger partial charge in [0.15, 0.2) is 0 Å². The minimum atomic E-state index is 0.720. The minimum Gasteiger partial charge on any atom is -0.456 e. The Balaban J connectivity index is 1.89. The van der Waals surface area contributed by atoms with E-state index in [0.29, 0.717) is 0 Å². The Hall–Kier alpha value is -2.84. The zero-order chi connectivity index (χ0) is 16.1. The lowest BCUT2D eigenvalue weighted by molar-refractivity contribution is 0.486. The average Bonchev–Trinajstić information content (AvgIpc) is 2.63. The fraction of sp³-hybridized carbons (Fsp3) is 0. The highest BCUT2D eigenvalue weighted by molar-refractivity contribution is 6.33. The molecule has 0 saturated heterocycles. The van der Waals surface area contributed by atoms with Crippen molar-refractivity contribution in [3.05, 3.63) is 77.9 Å². The Labute approximate surface area is 144 Å². The molecule has 0 spiro atoms. The van der Waals surface area contributed by atoms with Gasteiger partial charge in [0, 0.05) is 27.9 Å². The Bertz CT molecular complexity index is 1100. The van der Waals surface area contributed by atoms with Crippen LogP contribution in [-0.2, 0) is 0 Å². The summed E-state index contributed by atoms with van der Waals surface area (Å²) in [5, 5.41) is 2.85. The van der Waals surface area contributed by atoms with Gasteiger partial charge < -0.3 is 4.74 Å². The Morgan fingerprint density at radius 1 is 0.708 bits per heavy atom. The zero-order valence-electron chi connectivity index (χ0n) is 12.7. The van der Waals surface area contributed by atoms with E-state index in [-0.39, 0.29) is 0 Å². The van der Waals surface area contributed by atoms with Gasteiger partial charge >= 0.3 is 0 Å². The van der Waals surface area contributed by atoms with Gasteiger partial charge in [-0.3, -0.25) is 4.98 Å². The van der Waals surface area contributed by atoms with Crippen LogP contribution < -0.4 is 4.74 Å². The van der Waals surface area contributed by atoms with Gasteiger partial charge in [-0.15, -0.1) is 0 Å². The largest absolute Gasteiger partial charge is 0.456 e. The molecule has 0 bridgehead atoms. The van der Waals surface area contributed by atoms with Crippen LogP contribution in [0.15, 0.2) is 72.9 Å². The number of ether oxygens (including phenoxy) is 1. The molecule has 0 atom stereocenters. The molecule has 3 heteroatoms. The third-order valence-electron chi connectivity index (χ3n) is 4.40. The number of nitrogens with zero attached hydrogens (tertiary/aromatic N) is 1. The van der Waals surface area contributed by atoms with Crippen molar-refractivity contribution in [1.29, 1.82) is 0 Å². The first-order chi connectivity index (χ1) is 11.8. The Kier molecular flexibility index (Phi) is 2.88. The van der Waals surface area contributed by atoms with Crippen molar-refractivity contribution in [2.45, 2.75) is 0 Å². The maximum Gasteiger partial charge on any atom is 0.137 e. The molecule has 114 valence electrons. The highest BCUT2D eigenvalue weighted by Crippen LogP contribution is 2.47. The fourth-order valence-electron chi connectivity index (χ4n) is 3.32. The first kappa shape index (κ1) is 13.6. The van der Waals surface area contributed by atoms with Crippen molar-refractivity contribution in [2.75, 3.05) is 0 Å². The first-order valence-electron chi connectivity index (χ1n) is 7.77. The van der Waals surface area contributed by atoms with Gasteiger partial charge in [-0.05, 0) is 29.7 Å². The number of aromatic nitrogens is 1. The molecule has 0 amide bonds. The molecule has 0 N–H and O–H groups in total. The predicted molar refractivity (Wildman–Crippen MR) is 97.7 cm³/mol. The maximum absolute atomic E-state index is 6.41. The van der Waals surface area contributed by atoms with E-state index in [1.54, 1.807) is 0 Å². The minimum absolute atomic E-state index is 0.720. The standard InChI is InChI=1S/C21H12ClNO/c22-17-9-3-1-6-13(17)16-12-23-21-15-7-2-4-10-18(15)24-19-11-5-8-14(16)20(19)21/h1-12H. The molecule has 3 aromatic carbocycles. The molecule has 1 aliphatic heterocycles. The van der Waals surface area contributed by atoms with Crippen LogP contribution in [0.2, 0.25) is 5.02 Å². The second-order valence-corrected chi connectivity index (χ2v) is 6.18. The molecule has 2 heterocycles. The van der Waals surface area contributed by atoms with Crippen LogP contribution in [0.3, 0.4) is 0 Å². The maximum atomic E-state index is 6.41. The molecule has 2 nitrogen and oxygen atoms in total. The smallest absolute Gasteiger partial charge is 0.137 e. The van der Waals surface area contributed by atoms with Crippen molar-refractivity contribution in [2.24, 2.45) is 0 Å². The molecule has 24 heavy (non-hydrogen) atoms. The lowest BCUT2D eigenvalue weighted by Crippen LogP contribution is -1.99. The van der Waals surface area contributed by atoms with Crippen LogP contribution in [0, 0.1) is 0 Å². The van der Waals surface area contributed by atoms with Gasteiger partial charge in [-0.2, -0.15) is 0 Å². The van der Waals surface area contributed by atoms with Crippen LogP contribution >= 0.6 is 11.6 Å². The Morgan fingerprint density at radius 3 is 2.33 bits per heavy atom. The summed E-state index contributed by atoms with van der Waals surface area (Å²) in [5.74, 6) is 1.68. The van der Waals surface area contributed by atoms with E-state index >= 15 is 0 Å². The number of rotatable bonds is 1. The topological polar surface area (TPSA) is 22.1 Å². The van der Waals surface area contributed by atoms with Crippen molar-refractivity contribution in [3.8, 4) is 33.9 Å². The van der Waals surface area contributed by atoms with Crippen molar-refractivity contribution in [3.63, 3.8) is 0 Å². The summed E-state index contributed by atoms with van der Waals surface area (Å²) < 4.78 is 6.10. The van der Waals surface area contributed by atoms with Gasteiger partial charge in [-0.25, -0.2) is 0 Å². The molecule has 1 aliphatic rings. The molecule has 0 aliphatic carbocycles. The summed E-state index contributed by atoms with van der Waals surface area (Å²) in [4.78, 5) is 4.76. The highest BCUT2D eigenvalue weighted by atomic mass is 35.5. The van der Waals surface area contributed by atoms with Gasteiger partial charge in [0.25, 0.3) is 0 Å². The van der Waals surface area contributed by atoms with Gasteiger partial charge in [0.1, 0.15) is 11.5 Å². The van der Waals surface area contributed by atoms with E-state index in [0.717, 1.165) is 49.7 Å². The molecule has 4 aromatic rings. The summed E-state index contributed by atoms with van der Waals surface area (Å²) >= 11 is 6.41. The van der Waals surface area contributed by atoms with Crippen LogP contribution in [0.5, 0.6) is 11.5 Å². The van der Waals surface area contributed by atoms with Gasteiger partial charge in [0.2, 0.25) is 0 Å². The molecule has 0 saturated carbocycles. The third kappa shape index (κ3) is 1.87. The zero-order valence-corrected chi connectivity index (χ0v) is 13.4. The monoisotopic (exact) mass is 329 g/mol. The fourth-order valence-corrected chi connectivity index (χ4v) is 3.55. The molecule has 5 rings (SSSR count). The molecule has 0 unspecified atom stereocenters. The van der Waals surface area contributed by atoms with E-state index in [4.69, 9.17) is 21.3 Å². The molecule has 0 fully saturated rings. The lowest BCUT2D eigenvalue weighted by Gasteiger charge is -2.21. The Morgan fingerprint density at radius 2 is 1.46 bits per heavy atom. The molecule has 0 radical (unpaired) electrons. The predicted octanol–water partition coefficient (Wildman–Crippen LogP) is 6.33. The second-order valence-electron chi connectivity index (χ2n) is 5.78. The van der Waals surface area contributed by atoms with Crippen LogP contribution in [0.25, 0.3) is 33.2 Å². The number of hydrogen-bond acceptors (Lipinski definition) is 2. The van der Waals surface area contributed by atoms with Crippen molar-refractivity contribution >= 4 is 22.4 Å². The van der Waals surface area contributed by atoms with Crippen LogP contribution in [0.4, 0.5) is 0 Å². The normalized spacial score (nSPS) is 11.9. The van der Waals surface area contributed by atoms with Crippen molar-refractivity contribution < 1.29 is 4.74 Å². The summed E-state index contributed by atoms with van der Waals surface area (Å²) in [6.07, 6.45) is 1.91. The first-order valence-corrected chi connectivity index (χ1v) is 8.14. The SMILES string of the molecule is Clc1ccccc1-c1cnc2c3c(cccc13)Oc1ccccc1-2. The number of fused-ring (bicyclic) bond motifs is 2. The number of pyridine rings is 1. The van der Waals surface area contributed by atoms with Gasteiger partial charge in [-0.1, -0.05) is 54.1 Å². The number of para-hydroxylation sites is 1. The van der Waals surface area contributed by atoms with Crippen LogP contribution in [-0.4, -0.2) is 4.98 Å². The number of hydrogen-bond donors (Lipinski definition) is 0.